The molecule has 27 heavy (non-hydrogen) atoms. The molecule has 0 aliphatic carbocycles. The molecule has 156 valence electrons. The van der Waals surface area contributed by atoms with Crippen LogP contribution in [-0.2, 0) is 23.8 Å². The monoisotopic (exact) mass is 386 g/mol. The molecular weight excluding hydrogens is 352 g/mol. The molecule has 0 atom stereocenters. The summed E-state index contributed by atoms with van der Waals surface area (Å²) in [6.07, 6.45) is 0.486. The van der Waals surface area contributed by atoms with Gasteiger partial charge in [-0.2, -0.15) is 0 Å². The van der Waals surface area contributed by atoms with E-state index in [-0.39, 0.29) is 29.1 Å². The van der Waals surface area contributed by atoms with Crippen molar-refractivity contribution in [2.24, 2.45) is 0 Å². The van der Waals surface area contributed by atoms with Gasteiger partial charge in [0.15, 0.2) is 0 Å². The van der Waals surface area contributed by atoms with Gasteiger partial charge in [-0.25, -0.2) is 4.79 Å². The quantitative estimate of drug-likeness (QED) is 0.651. The first kappa shape index (κ1) is 23.4. The van der Waals surface area contributed by atoms with E-state index in [1.165, 1.54) is 4.90 Å². The molecule has 0 spiro atoms. The van der Waals surface area contributed by atoms with Crippen LogP contribution in [0.3, 0.4) is 0 Å². The molecule has 2 aliphatic rings. The minimum atomic E-state index is -0.225. The van der Waals surface area contributed by atoms with Gasteiger partial charge in [-0.15, -0.1) is 0 Å². The Morgan fingerprint density at radius 2 is 1.33 bits per heavy atom. The fourth-order valence-corrected chi connectivity index (χ4v) is 2.41. The van der Waals surface area contributed by atoms with E-state index in [2.05, 4.69) is 0 Å². The van der Waals surface area contributed by atoms with Gasteiger partial charge in [0.1, 0.15) is 6.61 Å². The minimum Gasteiger partial charge on any atom is -0.448 e. The molecule has 8 nitrogen and oxygen atoms in total. The summed E-state index contributed by atoms with van der Waals surface area (Å²) >= 11 is 0. The van der Waals surface area contributed by atoms with Gasteiger partial charge >= 0.3 is 6.09 Å². The number of cyclic esters (lactones) is 1. The number of likely N-dealkylation sites (tertiary alicyclic amines) is 1. The first-order chi connectivity index (χ1) is 12.4. The summed E-state index contributed by atoms with van der Waals surface area (Å²) in [6.45, 7) is 15.0. The Kier molecular flexibility index (Phi) is 8.68. The topological polar surface area (TPSA) is 85.4 Å². The van der Waals surface area contributed by atoms with Crippen molar-refractivity contribution >= 4 is 17.9 Å². The molecule has 0 unspecified atom stereocenters. The van der Waals surface area contributed by atoms with Crippen molar-refractivity contribution in [1.29, 1.82) is 0 Å². The van der Waals surface area contributed by atoms with E-state index >= 15 is 0 Å². The van der Waals surface area contributed by atoms with E-state index in [0.29, 0.717) is 52.3 Å². The lowest BCUT2D eigenvalue weighted by atomic mass is 10.2. The lowest BCUT2D eigenvalue weighted by Crippen LogP contribution is -2.34. The molecule has 8 heteroatoms. The molecule has 0 saturated carbocycles. The second-order valence-electron chi connectivity index (χ2n) is 8.46. The van der Waals surface area contributed by atoms with Crippen LogP contribution in [-0.4, -0.2) is 78.4 Å². The van der Waals surface area contributed by atoms with Crippen LogP contribution in [0.25, 0.3) is 0 Å². The highest BCUT2D eigenvalue weighted by atomic mass is 16.6. The summed E-state index contributed by atoms with van der Waals surface area (Å²) in [5, 5.41) is 0. The van der Waals surface area contributed by atoms with E-state index < -0.39 is 0 Å². The number of amides is 3. The molecular formula is C19H34N2O6. The third kappa shape index (κ3) is 9.72. The number of ether oxygens (including phenoxy) is 3. The first-order valence-electron chi connectivity index (χ1n) is 9.42. The van der Waals surface area contributed by atoms with Crippen molar-refractivity contribution in [3.05, 3.63) is 0 Å². The summed E-state index contributed by atoms with van der Waals surface area (Å²) in [7, 11) is 0. The molecule has 2 fully saturated rings. The molecule has 0 N–H and O–H groups in total. The maximum absolute atomic E-state index is 11.2. The second kappa shape index (κ2) is 10.0. The lowest BCUT2D eigenvalue weighted by molar-refractivity contribution is -0.140. The smallest absolute Gasteiger partial charge is 0.410 e. The number of nitrogens with zero attached hydrogens (tertiary/aromatic N) is 2. The van der Waals surface area contributed by atoms with Gasteiger partial charge in [0.05, 0.1) is 37.5 Å². The molecule has 2 saturated heterocycles. The van der Waals surface area contributed by atoms with E-state index in [4.69, 9.17) is 14.2 Å². The van der Waals surface area contributed by atoms with Gasteiger partial charge in [0.25, 0.3) is 0 Å². The lowest BCUT2D eigenvalue weighted by Gasteiger charge is -2.21. The molecule has 0 aromatic rings. The zero-order valence-electron chi connectivity index (χ0n) is 17.5. The van der Waals surface area contributed by atoms with Gasteiger partial charge < -0.3 is 19.1 Å². The summed E-state index contributed by atoms with van der Waals surface area (Å²) < 4.78 is 15.7. The maximum atomic E-state index is 11.2. The van der Waals surface area contributed by atoms with Crippen molar-refractivity contribution in [3.8, 4) is 0 Å². The van der Waals surface area contributed by atoms with Crippen LogP contribution in [0.1, 0.15) is 54.4 Å². The number of rotatable bonds is 6. The highest BCUT2D eigenvalue weighted by Crippen LogP contribution is 2.12. The Morgan fingerprint density at radius 3 is 1.74 bits per heavy atom. The largest absolute Gasteiger partial charge is 0.448 e. The standard InChI is InChI=1S/C10H17NO3.C9H17NO3/c1-10(2,3)14-7-6-11-8(12)4-5-9(11)13;1-9(2,3)13-7-5-10-4-6-12-8(10)11/h4-7H2,1-3H3;4-7H2,1-3H3. The molecule has 0 radical (unpaired) electrons. The summed E-state index contributed by atoms with van der Waals surface area (Å²) in [6, 6.07) is 0. The fraction of sp³-hybridized carbons (Fsp3) is 0.842. The van der Waals surface area contributed by atoms with Crippen molar-refractivity contribution in [2.45, 2.75) is 65.6 Å². The van der Waals surface area contributed by atoms with Gasteiger partial charge in [0, 0.05) is 19.4 Å². The fourth-order valence-electron chi connectivity index (χ4n) is 2.41. The Balaban J connectivity index is 0.000000271. The Bertz CT molecular complexity index is 505. The van der Waals surface area contributed by atoms with E-state index in [9.17, 15) is 14.4 Å². The van der Waals surface area contributed by atoms with E-state index in [0.717, 1.165) is 0 Å². The van der Waals surface area contributed by atoms with Crippen LogP contribution >= 0.6 is 0 Å². The number of imide groups is 1. The van der Waals surface area contributed by atoms with Crippen LogP contribution in [0.5, 0.6) is 0 Å². The highest BCUT2D eigenvalue weighted by molar-refractivity contribution is 6.01. The van der Waals surface area contributed by atoms with Crippen molar-refractivity contribution in [3.63, 3.8) is 0 Å². The van der Waals surface area contributed by atoms with Gasteiger partial charge in [-0.1, -0.05) is 0 Å². The SMILES string of the molecule is CC(C)(C)OCCN1C(=O)CCC1=O.CC(C)(C)OCCN1CCOC1=O. The van der Waals surface area contributed by atoms with Crippen LogP contribution in [0.15, 0.2) is 0 Å². The van der Waals surface area contributed by atoms with Crippen molar-refractivity contribution in [1.82, 2.24) is 9.80 Å². The molecule has 2 aliphatic heterocycles. The number of carbonyl (C=O) groups excluding carboxylic acids is 3. The third-order valence-electron chi connectivity index (χ3n) is 3.75. The van der Waals surface area contributed by atoms with Crippen molar-refractivity contribution < 1.29 is 28.6 Å². The summed E-state index contributed by atoms with van der Waals surface area (Å²) in [4.78, 5) is 36.3. The van der Waals surface area contributed by atoms with E-state index in [1.54, 1.807) is 4.90 Å². The van der Waals surface area contributed by atoms with Crippen LogP contribution in [0.2, 0.25) is 0 Å². The summed E-state index contributed by atoms with van der Waals surface area (Å²) in [5.74, 6) is -0.153. The average molecular weight is 386 g/mol. The van der Waals surface area contributed by atoms with Gasteiger partial charge in [0.2, 0.25) is 11.8 Å². The molecule has 2 rings (SSSR count). The third-order valence-corrected chi connectivity index (χ3v) is 3.75. The Hall–Kier alpha value is -1.67. The highest BCUT2D eigenvalue weighted by Gasteiger charge is 2.28. The molecule has 0 bridgehead atoms. The normalized spacial score (nSPS) is 17.9. The molecule has 2 heterocycles. The number of hydrogen-bond acceptors (Lipinski definition) is 6. The molecule has 0 aromatic heterocycles. The average Bonchev–Trinajstić information content (AvgIpc) is 3.06. The number of carbonyl (C=O) groups is 3. The van der Waals surface area contributed by atoms with E-state index in [1.807, 2.05) is 41.5 Å². The zero-order valence-corrected chi connectivity index (χ0v) is 17.5. The van der Waals surface area contributed by atoms with Gasteiger partial charge in [-0.05, 0) is 41.5 Å². The molecule has 3 amide bonds. The maximum Gasteiger partial charge on any atom is 0.410 e. The van der Waals surface area contributed by atoms with Crippen LogP contribution in [0.4, 0.5) is 4.79 Å². The van der Waals surface area contributed by atoms with Crippen molar-refractivity contribution in [2.75, 3.05) is 39.5 Å². The summed E-state index contributed by atoms with van der Waals surface area (Å²) in [5.41, 5.74) is -0.352. The first-order valence-corrected chi connectivity index (χ1v) is 9.42. The van der Waals surface area contributed by atoms with Crippen LogP contribution in [0, 0.1) is 0 Å². The zero-order chi connectivity index (χ0) is 20.7. The Labute approximate surface area is 162 Å². The predicted molar refractivity (Wildman–Crippen MR) is 100 cm³/mol. The minimum absolute atomic E-state index is 0.0764. The van der Waals surface area contributed by atoms with Crippen LogP contribution < -0.4 is 0 Å². The predicted octanol–water partition coefficient (Wildman–Crippen LogP) is 2.20. The molecule has 0 aromatic carbocycles. The van der Waals surface area contributed by atoms with Gasteiger partial charge in [-0.3, -0.25) is 14.5 Å². The Morgan fingerprint density at radius 1 is 0.852 bits per heavy atom. The number of hydrogen-bond donors (Lipinski definition) is 0. The second-order valence-corrected chi connectivity index (χ2v) is 8.46.